The van der Waals surface area contributed by atoms with Crippen LogP contribution in [-0.4, -0.2) is 67.2 Å². The van der Waals surface area contributed by atoms with Crippen LogP contribution < -0.4 is 21.3 Å². The van der Waals surface area contributed by atoms with Crippen molar-refractivity contribution in [1.82, 2.24) is 19.9 Å². The number of hydrogen-bond acceptors (Lipinski definition) is 7. The van der Waals surface area contributed by atoms with Crippen LogP contribution in [0.15, 0.2) is 24.3 Å². The highest BCUT2D eigenvalue weighted by atomic mass is 32.1. The first-order valence-electron chi connectivity index (χ1n) is 10.8. The highest BCUT2D eigenvalue weighted by Gasteiger charge is 2.27. The Morgan fingerprint density at radius 3 is 2.90 bits per heavy atom. The highest BCUT2D eigenvalue weighted by Crippen LogP contribution is 2.29. The molecular weight excluding hydrogens is 384 g/mol. The van der Waals surface area contributed by atoms with E-state index in [4.69, 9.17) is 5.73 Å². The van der Waals surface area contributed by atoms with Gasteiger partial charge in [0.25, 0.3) is 0 Å². The molecule has 1 aromatic heterocycles. The van der Waals surface area contributed by atoms with Gasteiger partial charge in [-0.15, -0.1) is 0 Å². The minimum atomic E-state index is -0.199. The van der Waals surface area contributed by atoms with Gasteiger partial charge in [-0.2, -0.15) is 4.37 Å². The minimum absolute atomic E-state index is 0.0846. The average molecular weight is 417 g/mol. The number of piperazine rings is 1. The molecule has 0 spiro atoms. The number of piperidine rings is 1. The van der Waals surface area contributed by atoms with Crippen LogP contribution in [0.1, 0.15) is 25.7 Å². The number of anilines is 1. The third-order valence-electron chi connectivity index (χ3n) is 6.07. The Hall–Kier alpha value is -1.74. The van der Waals surface area contributed by atoms with E-state index in [1.807, 2.05) is 0 Å². The van der Waals surface area contributed by atoms with Crippen LogP contribution in [0.3, 0.4) is 0 Å². The summed E-state index contributed by atoms with van der Waals surface area (Å²) in [6.07, 6.45) is 3.83. The van der Waals surface area contributed by atoms with Crippen LogP contribution in [0.5, 0.6) is 0 Å². The number of rotatable bonds is 7. The lowest BCUT2D eigenvalue weighted by Gasteiger charge is -2.35. The molecule has 2 unspecified atom stereocenters. The first kappa shape index (κ1) is 20.5. The number of nitrogens with zero attached hydrogens (tertiary/aromatic N) is 3. The van der Waals surface area contributed by atoms with Crippen LogP contribution in [0.25, 0.3) is 10.1 Å². The normalized spacial score (nSPS) is 23.4. The molecule has 1 aromatic carbocycles. The molecule has 2 atom stereocenters. The molecule has 8 heteroatoms. The van der Waals surface area contributed by atoms with Crippen LogP contribution in [-0.2, 0) is 4.79 Å². The molecule has 2 aliphatic heterocycles. The molecule has 7 nitrogen and oxygen atoms in total. The zero-order valence-corrected chi connectivity index (χ0v) is 17.8. The molecular formula is C21H32N6OS. The highest BCUT2D eigenvalue weighted by molar-refractivity contribution is 7.13. The van der Waals surface area contributed by atoms with E-state index in [0.717, 1.165) is 77.3 Å². The molecule has 0 bridgehead atoms. The summed E-state index contributed by atoms with van der Waals surface area (Å²) in [5.74, 6) is 1.16. The minimum Gasteiger partial charge on any atom is -0.356 e. The Morgan fingerprint density at radius 1 is 1.24 bits per heavy atom. The van der Waals surface area contributed by atoms with Crippen LogP contribution >= 0.6 is 11.5 Å². The van der Waals surface area contributed by atoms with E-state index >= 15 is 0 Å². The van der Waals surface area contributed by atoms with Crippen molar-refractivity contribution in [2.24, 2.45) is 11.7 Å². The Labute approximate surface area is 176 Å². The predicted molar refractivity (Wildman–Crippen MR) is 119 cm³/mol. The first-order chi connectivity index (χ1) is 14.2. The molecule has 0 saturated carbocycles. The molecule has 29 heavy (non-hydrogen) atoms. The molecule has 2 aromatic rings. The number of hydrogen-bond donors (Lipinski definition) is 3. The van der Waals surface area contributed by atoms with Crippen molar-refractivity contribution in [2.75, 3.05) is 50.7 Å². The SMILES string of the molecule is NC1NCCCC1C(=O)NCCCCN1CCN(c2nsc3ccccc23)CC1. The number of aromatic nitrogens is 1. The Balaban J connectivity index is 1.13. The first-order valence-corrected chi connectivity index (χ1v) is 11.6. The number of nitrogens with one attached hydrogen (secondary N) is 2. The van der Waals surface area contributed by atoms with E-state index < -0.39 is 0 Å². The molecule has 2 aliphatic rings. The van der Waals surface area contributed by atoms with E-state index in [9.17, 15) is 4.79 Å². The lowest BCUT2D eigenvalue weighted by molar-refractivity contribution is -0.126. The van der Waals surface area contributed by atoms with Crippen LogP contribution in [0.4, 0.5) is 5.82 Å². The maximum absolute atomic E-state index is 12.3. The van der Waals surface area contributed by atoms with E-state index in [1.165, 1.54) is 10.1 Å². The molecule has 0 aliphatic carbocycles. The monoisotopic (exact) mass is 416 g/mol. The smallest absolute Gasteiger partial charge is 0.226 e. The summed E-state index contributed by atoms with van der Waals surface area (Å²) in [5.41, 5.74) is 6.00. The van der Waals surface area contributed by atoms with Crippen molar-refractivity contribution in [2.45, 2.75) is 31.8 Å². The molecule has 1 amide bonds. The number of unbranched alkanes of at least 4 members (excludes halogenated alkanes) is 1. The number of benzene rings is 1. The molecule has 0 radical (unpaired) electrons. The van der Waals surface area contributed by atoms with Gasteiger partial charge in [-0.3, -0.25) is 9.69 Å². The van der Waals surface area contributed by atoms with Crippen molar-refractivity contribution in [3.8, 4) is 0 Å². The summed E-state index contributed by atoms with van der Waals surface area (Å²) in [6.45, 7) is 6.94. The third kappa shape index (κ3) is 5.06. The van der Waals surface area contributed by atoms with Gasteiger partial charge in [-0.1, -0.05) is 12.1 Å². The van der Waals surface area contributed by atoms with Gasteiger partial charge in [0.05, 0.1) is 16.8 Å². The number of carbonyl (C=O) groups is 1. The zero-order valence-electron chi connectivity index (χ0n) is 17.0. The average Bonchev–Trinajstić information content (AvgIpc) is 3.18. The second-order valence-corrected chi connectivity index (χ2v) is 8.86. The summed E-state index contributed by atoms with van der Waals surface area (Å²) in [5, 5.41) is 7.53. The van der Waals surface area contributed by atoms with E-state index in [-0.39, 0.29) is 18.0 Å². The summed E-state index contributed by atoms with van der Waals surface area (Å²) in [4.78, 5) is 17.2. The third-order valence-corrected chi connectivity index (χ3v) is 6.89. The zero-order chi connectivity index (χ0) is 20.1. The molecule has 158 valence electrons. The molecule has 2 saturated heterocycles. The van der Waals surface area contributed by atoms with Crippen molar-refractivity contribution in [3.63, 3.8) is 0 Å². The van der Waals surface area contributed by atoms with Crippen molar-refractivity contribution < 1.29 is 4.79 Å². The predicted octanol–water partition coefficient (Wildman–Crippen LogP) is 1.60. The topological polar surface area (TPSA) is 86.5 Å². The number of fused-ring (bicyclic) bond motifs is 1. The Bertz CT molecular complexity index is 803. The summed E-state index contributed by atoms with van der Waals surface area (Å²) >= 11 is 1.59. The second-order valence-electron chi connectivity index (χ2n) is 8.06. The second kappa shape index (κ2) is 9.84. The van der Waals surface area contributed by atoms with Gasteiger partial charge in [-0.25, -0.2) is 0 Å². The van der Waals surface area contributed by atoms with Gasteiger partial charge in [-0.05, 0) is 62.4 Å². The van der Waals surface area contributed by atoms with Crippen molar-refractivity contribution in [1.29, 1.82) is 0 Å². The molecule has 2 fully saturated rings. The molecule has 4 rings (SSSR count). The molecule has 3 heterocycles. The van der Waals surface area contributed by atoms with E-state index in [2.05, 4.69) is 49.1 Å². The maximum atomic E-state index is 12.3. The van der Waals surface area contributed by atoms with Gasteiger partial charge >= 0.3 is 0 Å². The summed E-state index contributed by atoms with van der Waals surface area (Å²) in [6, 6.07) is 8.48. The van der Waals surface area contributed by atoms with Gasteiger partial charge in [0.15, 0.2) is 0 Å². The van der Waals surface area contributed by atoms with E-state index in [0.29, 0.717) is 0 Å². The summed E-state index contributed by atoms with van der Waals surface area (Å²) < 4.78 is 5.95. The fourth-order valence-electron chi connectivity index (χ4n) is 4.29. The standard InChI is InChI=1S/C21H32N6OS/c22-19-17(7-5-10-23-19)21(28)24-9-3-4-11-26-12-14-27(15-13-26)20-16-6-1-2-8-18(16)29-25-20/h1-2,6,8,17,19,23H,3-5,7,9-15,22H2,(H,24,28). The summed E-state index contributed by atoms with van der Waals surface area (Å²) in [7, 11) is 0. The van der Waals surface area contributed by atoms with E-state index in [1.54, 1.807) is 11.5 Å². The largest absolute Gasteiger partial charge is 0.356 e. The molecule has 4 N–H and O–H groups in total. The van der Waals surface area contributed by atoms with Gasteiger partial charge in [0.2, 0.25) is 5.91 Å². The number of nitrogens with two attached hydrogens (primary N) is 1. The number of carbonyl (C=O) groups excluding carboxylic acids is 1. The quantitative estimate of drug-likeness (QED) is 0.595. The fraction of sp³-hybridized carbons (Fsp3) is 0.619. The maximum Gasteiger partial charge on any atom is 0.226 e. The van der Waals surface area contributed by atoms with Gasteiger partial charge < -0.3 is 21.3 Å². The lowest BCUT2D eigenvalue weighted by atomic mass is 9.95. The van der Waals surface area contributed by atoms with Crippen molar-refractivity contribution in [3.05, 3.63) is 24.3 Å². The van der Waals surface area contributed by atoms with Gasteiger partial charge in [0.1, 0.15) is 5.82 Å². The Morgan fingerprint density at radius 2 is 2.07 bits per heavy atom. The fourth-order valence-corrected chi connectivity index (χ4v) is 5.09. The van der Waals surface area contributed by atoms with Crippen LogP contribution in [0.2, 0.25) is 0 Å². The lowest BCUT2D eigenvalue weighted by Crippen LogP contribution is -2.53. The Kier molecular flexibility index (Phi) is 6.97. The number of amides is 1. The van der Waals surface area contributed by atoms with Gasteiger partial charge in [0, 0.05) is 38.1 Å². The van der Waals surface area contributed by atoms with Crippen LogP contribution in [0, 0.1) is 5.92 Å². The van der Waals surface area contributed by atoms with Crippen molar-refractivity contribution >= 4 is 33.3 Å².